The van der Waals surface area contributed by atoms with Gasteiger partial charge in [0.2, 0.25) is 5.91 Å². The molecule has 1 atom stereocenters. The van der Waals surface area contributed by atoms with Gasteiger partial charge < -0.3 is 20.1 Å². The van der Waals surface area contributed by atoms with Crippen LogP contribution >= 0.6 is 0 Å². The third-order valence-corrected chi connectivity index (χ3v) is 4.40. The number of fused-ring (bicyclic) bond motifs is 1. The normalized spacial score (nSPS) is 21.8. The summed E-state index contributed by atoms with van der Waals surface area (Å²) in [7, 11) is 0. The van der Waals surface area contributed by atoms with Crippen LogP contribution in [-0.4, -0.2) is 49.0 Å². The highest BCUT2D eigenvalue weighted by molar-refractivity contribution is 6.09. The van der Waals surface area contributed by atoms with Crippen molar-refractivity contribution in [2.45, 2.75) is 26.3 Å². The average molecular weight is 361 g/mol. The molecule has 3 rings (SSSR count). The molecule has 0 radical (unpaired) electrons. The van der Waals surface area contributed by atoms with E-state index in [0.717, 1.165) is 4.90 Å². The topological polar surface area (TPSA) is 97.0 Å². The van der Waals surface area contributed by atoms with Crippen molar-refractivity contribution in [3.05, 3.63) is 23.8 Å². The molecule has 26 heavy (non-hydrogen) atoms. The van der Waals surface area contributed by atoms with E-state index in [9.17, 15) is 14.4 Å². The first-order chi connectivity index (χ1) is 12.3. The number of nitrogens with one attached hydrogen (secondary N) is 2. The molecule has 8 heteroatoms. The first-order valence-corrected chi connectivity index (χ1v) is 8.62. The van der Waals surface area contributed by atoms with Crippen molar-refractivity contribution >= 4 is 17.8 Å². The maximum Gasteiger partial charge on any atom is 0.325 e. The van der Waals surface area contributed by atoms with Crippen molar-refractivity contribution in [2.75, 3.05) is 26.3 Å². The number of carbonyl (C=O) groups is 3. The summed E-state index contributed by atoms with van der Waals surface area (Å²) in [5, 5.41) is 5.39. The first-order valence-electron chi connectivity index (χ1n) is 8.62. The van der Waals surface area contributed by atoms with Crippen LogP contribution in [0.5, 0.6) is 11.5 Å². The van der Waals surface area contributed by atoms with E-state index in [1.54, 1.807) is 25.1 Å². The third-order valence-electron chi connectivity index (χ3n) is 4.40. The fraction of sp³-hybridized carbons (Fsp3) is 0.500. The van der Waals surface area contributed by atoms with Crippen molar-refractivity contribution in [3.63, 3.8) is 0 Å². The van der Waals surface area contributed by atoms with Crippen LogP contribution in [0.4, 0.5) is 4.79 Å². The Balaban J connectivity index is 1.77. The number of urea groups is 1. The largest absolute Gasteiger partial charge is 0.486 e. The van der Waals surface area contributed by atoms with Gasteiger partial charge in [-0.05, 0) is 30.5 Å². The molecule has 2 aliphatic rings. The quantitative estimate of drug-likeness (QED) is 0.763. The Morgan fingerprint density at radius 1 is 1.27 bits per heavy atom. The van der Waals surface area contributed by atoms with E-state index in [0.29, 0.717) is 36.8 Å². The Morgan fingerprint density at radius 2 is 1.96 bits per heavy atom. The molecule has 1 fully saturated rings. The van der Waals surface area contributed by atoms with E-state index in [1.165, 1.54) is 0 Å². The van der Waals surface area contributed by atoms with Gasteiger partial charge in [-0.1, -0.05) is 19.9 Å². The summed E-state index contributed by atoms with van der Waals surface area (Å²) in [5.74, 6) is 0.577. The second-order valence-corrected chi connectivity index (χ2v) is 7.00. The summed E-state index contributed by atoms with van der Waals surface area (Å²) in [6.07, 6.45) is 0. The van der Waals surface area contributed by atoms with Gasteiger partial charge in [0.1, 0.15) is 25.3 Å². The van der Waals surface area contributed by atoms with E-state index >= 15 is 0 Å². The average Bonchev–Trinajstić information content (AvgIpc) is 2.83. The second-order valence-electron chi connectivity index (χ2n) is 7.00. The summed E-state index contributed by atoms with van der Waals surface area (Å²) < 4.78 is 11.0. The molecular formula is C18H23N3O5. The highest BCUT2D eigenvalue weighted by Crippen LogP contribution is 2.36. The minimum absolute atomic E-state index is 0.282. The molecule has 140 valence electrons. The van der Waals surface area contributed by atoms with Crippen LogP contribution in [0.15, 0.2) is 18.2 Å². The van der Waals surface area contributed by atoms with Gasteiger partial charge in [-0.3, -0.25) is 14.5 Å². The molecule has 1 aromatic carbocycles. The highest BCUT2D eigenvalue weighted by atomic mass is 16.6. The van der Waals surface area contributed by atoms with Crippen LogP contribution in [0.25, 0.3) is 0 Å². The first kappa shape index (κ1) is 18.0. The smallest absolute Gasteiger partial charge is 0.325 e. The van der Waals surface area contributed by atoms with Crippen LogP contribution in [0, 0.1) is 5.92 Å². The molecule has 0 spiro atoms. The van der Waals surface area contributed by atoms with E-state index in [2.05, 4.69) is 10.6 Å². The summed E-state index contributed by atoms with van der Waals surface area (Å²) in [6.45, 7) is 6.62. The lowest BCUT2D eigenvalue weighted by Gasteiger charge is -2.25. The Hall–Kier alpha value is -2.77. The number of rotatable bonds is 5. The molecule has 0 aromatic heterocycles. The van der Waals surface area contributed by atoms with Crippen molar-refractivity contribution in [2.24, 2.45) is 5.92 Å². The number of hydrogen-bond donors (Lipinski definition) is 2. The number of benzene rings is 1. The predicted molar refractivity (Wildman–Crippen MR) is 92.9 cm³/mol. The summed E-state index contributed by atoms with van der Waals surface area (Å²) in [6, 6.07) is 4.53. The molecule has 1 aromatic rings. The molecule has 2 heterocycles. The minimum Gasteiger partial charge on any atom is -0.486 e. The van der Waals surface area contributed by atoms with Crippen LogP contribution in [0.3, 0.4) is 0 Å². The zero-order chi connectivity index (χ0) is 18.9. The third kappa shape index (κ3) is 3.31. The molecule has 2 aliphatic heterocycles. The zero-order valence-corrected chi connectivity index (χ0v) is 15.1. The maximum absolute atomic E-state index is 12.9. The van der Waals surface area contributed by atoms with E-state index in [4.69, 9.17) is 9.47 Å². The lowest BCUT2D eigenvalue weighted by molar-refractivity contribution is -0.134. The van der Waals surface area contributed by atoms with E-state index < -0.39 is 17.5 Å². The maximum atomic E-state index is 12.9. The molecule has 2 N–H and O–H groups in total. The number of carbonyl (C=O) groups excluding carboxylic acids is 3. The van der Waals surface area contributed by atoms with Crippen molar-refractivity contribution in [3.8, 4) is 11.5 Å². The van der Waals surface area contributed by atoms with Gasteiger partial charge in [0.25, 0.3) is 5.91 Å². The Morgan fingerprint density at radius 3 is 2.65 bits per heavy atom. The van der Waals surface area contributed by atoms with Gasteiger partial charge in [0, 0.05) is 6.54 Å². The minimum atomic E-state index is -1.26. The lowest BCUT2D eigenvalue weighted by Crippen LogP contribution is -2.43. The van der Waals surface area contributed by atoms with Crippen molar-refractivity contribution in [1.82, 2.24) is 15.5 Å². The Kier molecular flexibility index (Phi) is 4.76. The molecule has 0 unspecified atom stereocenters. The zero-order valence-electron chi connectivity index (χ0n) is 15.1. The van der Waals surface area contributed by atoms with Crippen LogP contribution in [-0.2, 0) is 15.1 Å². The van der Waals surface area contributed by atoms with E-state index in [-0.39, 0.29) is 18.4 Å². The molecule has 4 amide bonds. The summed E-state index contributed by atoms with van der Waals surface area (Å²) >= 11 is 0. The van der Waals surface area contributed by atoms with Gasteiger partial charge in [0.05, 0.1) is 0 Å². The number of nitrogens with zero attached hydrogens (tertiary/aromatic N) is 1. The number of hydrogen-bond acceptors (Lipinski definition) is 5. The molecule has 0 saturated carbocycles. The molecule has 8 nitrogen and oxygen atoms in total. The van der Waals surface area contributed by atoms with Gasteiger partial charge in [-0.15, -0.1) is 0 Å². The van der Waals surface area contributed by atoms with Gasteiger partial charge in [-0.2, -0.15) is 0 Å². The number of imide groups is 1. The predicted octanol–water partition coefficient (Wildman–Crippen LogP) is 0.997. The fourth-order valence-electron chi connectivity index (χ4n) is 2.91. The van der Waals surface area contributed by atoms with Gasteiger partial charge in [0.15, 0.2) is 11.5 Å². The fourth-order valence-corrected chi connectivity index (χ4v) is 2.91. The summed E-state index contributed by atoms with van der Waals surface area (Å²) in [4.78, 5) is 38.1. The number of ether oxygens (including phenoxy) is 2. The molecule has 0 aliphatic carbocycles. The van der Waals surface area contributed by atoms with Crippen LogP contribution < -0.4 is 20.1 Å². The van der Waals surface area contributed by atoms with Crippen molar-refractivity contribution < 1.29 is 23.9 Å². The lowest BCUT2D eigenvalue weighted by atomic mass is 9.91. The number of amides is 4. The summed E-state index contributed by atoms with van der Waals surface area (Å²) in [5.41, 5.74) is -0.684. The van der Waals surface area contributed by atoms with Gasteiger partial charge in [-0.25, -0.2) is 4.79 Å². The standard InChI is InChI=1S/C18H23N3O5/c1-11(2)9-19-15(22)10-21-16(23)18(3,20-17(21)24)12-4-5-13-14(8-12)26-7-6-25-13/h4-5,8,11H,6-7,9-10H2,1-3H3,(H,19,22)(H,20,24)/t18-/m1/s1. The molecular weight excluding hydrogens is 338 g/mol. The highest BCUT2D eigenvalue weighted by Gasteiger charge is 2.49. The molecule has 0 bridgehead atoms. The van der Waals surface area contributed by atoms with Crippen LogP contribution in [0.1, 0.15) is 26.3 Å². The monoisotopic (exact) mass is 361 g/mol. The van der Waals surface area contributed by atoms with E-state index in [1.807, 2.05) is 13.8 Å². The Labute approximate surface area is 151 Å². The van der Waals surface area contributed by atoms with Crippen molar-refractivity contribution in [1.29, 1.82) is 0 Å². The SMILES string of the molecule is CC(C)CNC(=O)CN1C(=O)N[C@](C)(c2ccc3c(c2)OCCO3)C1=O. The Bertz CT molecular complexity index is 748. The van der Waals surface area contributed by atoms with Crippen LogP contribution in [0.2, 0.25) is 0 Å². The second kappa shape index (κ2) is 6.86. The van der Waals surface area contributed by atoms with Gasteiger partial charge >= 0.3 is 6.03 Å². The molecule has 1 saturated heterocycles.